The molecule has 3 aliphatic heterocycles. The maximum Gasteiger partial charge on any atom is 0.222 e. The van der Waals surface area contributed by atoms with E-state index in [0.29, 0.717) is 11.9 Å². The molecule has 4 nitrogen and oxygen atoms in total. The van der Waals surface area contributed by atoms with Crippen LogP contribution in [0.25, 0.3) is 0 Å². The first-order valence-electron chi connectivity index (χ1n) is 8.55. The molecule has 3 rings (SSSR count). The Morgan fingerprint density at radius 1 is 1.05 bits per heavy atom. The monoisotopic (exact) mass is 351 g/mol. The number of hydrogen-bond donors (Lipinski definition) is 1. The second-order valence-corrected chi connectivity index (χ2v) is 6.78. The van der Waals surface area contributed by atoms with E-state index in [-0.39, 0.29) is 24.8 Å². The number of nitrogens with zero attached hydrogens (tertiary/aromatic N) is 2. The average Bonchev–Trinajstić information content (AvgIpc) is 3.17. The van der Waals surface area contributed by atoms with Gasteiger partial charge in [0.1, 0.15) is 0 Å². The van der Waals surface area contributed by atoms with Crippen molar-refractivity contribution < 1.29 is 4.79 Å². The van der Waals surface area contributed by atoms with Gasteiger partial charge in [-0.25, -0.2) is 0 Å². The second-order valence-electron chi connectivity index (χ2n) is 6.78. The van der Waals surface area contributed by atoms with Crippen molar-refractivity contribution in [2.75, 3.05) is 39.3 Å². The number of piperidine rings is 1. The van der Waals surface area contributed by atoms with Gasteiger partial charge in [-0.05, 0) is 64.2 Å². The van der Waals surface area contributed by atoms with Gasteiger partial charge < -0.3 is 10.2 Å². The number of carbonyl (C=O) groups excluding carboxylic acids is 1. The standard InChI is InChI=1S/C16H29N3O.2ClH/c20-16(5-4-14-6-8-17-12-14)19-11-7-15(13-19)18-9-2-1-3-10-18;;/h14-15,17H,1-13H2;2*1H. The Balaban J connectivity index is 0.00000121. The topological polar surface area (TPSA) is 35.6 Å². The minimum atomic E-state index is 0. The molecule has 1 N–H and O–H groups in total. The third-order valence-electron chi connectivity index (χ3n) is 5.35. The first kappa shape index (κ1) is 20.0. The predicted molar refractivity (Wildman–Crippen MR) is 95.1 cm³/mol. The first-order chi connectivity index (χ1) is 9.83. The van der Waals surface area contributed by atoms with Gasteiger partial charge in [0.15, 0.2) is 0 Å². The zero-order valence-corrected chi connectivity index (χ0v) is 15.1. The lowest BCUT2D eigenvalue weighted by Crippen LogP contribution is -2.41. The molecule has 0 aromatic heterocycles. The quantitative estimate of drug-likeness (QED) is 0.843. The molecule has 0 radical (unpaired) electrons. The van der Waals surface area contributed by atoms with E-state index < -0.39 is 0 Å². The number of rotatable bonds is 4. The lowest BCUT2D eigenvalue weighted by molar-refractivity contribution is -0.130. The van der Waals surface area contributed by atoms with Gasteiger partial charge in [0.25, 0.3) is 0 Å². The van der Waals surface area contributed by atoms with Crippen LogP contribution in [-0.4, -0.2) is 61.0 Å². The van der Waals surface area contributed by atoms with Gasteiger partial charge in [-0.3, -0.25) is 9.69 Å². The highest BCUT2D eigenvalue weighted by atomic mass is 35.5. The van der Waals surface area contributed by atoms with Gasteiger partial charge in [-0.15, -0.1) is 24.8 Å². The average molecular weight is 352 g/mol. The third-order valence-corrected chi connectivity index (χ3v) is 5.35. The van der Waals surface area contributed by atoms with E-state index in [0.717, 1.165) is 44.9 Å². The highest BCUT2D eigenvalue weighted by molar-refractivity contribution is 5.85. The van der Waals surface area contributed by atoms with Gasteiger partial charge >= 0.3 is 0 Å². The van der Waals surface area contributed by atoms with Crippen LogP contribution in [0.5, 0.6) is 0 Å². The third kappa shape index (κ3) is 5.26. The van der Waals surface area contributed by atoms with Crippen molar-refractivity contribution in [3.63, 3.8) is 0 Å². The Kier molecular flexibility index (Phi) is 9.07. The maximum atomic E-state index is 12.3. The minimum absolute atomic E-state index is 0. The summed E-state index contributed by atoms with van der Waals surface area (Å²) in [5, 5.41) is 3.38. The fraction of sp³-hybridized carbons (Fsp3) is 0.938. The molecule has 22 heavy (non-hydrogen) atoms. The Morgan fingerprint density at radius 3 is 2.50 bits per heavy atom. The fourth-order valence-corrected chi connectivity index (χ4v) is 4.00. The molecule has 0 aromatic rings. The van der Waals surface area contributed by atoms with Crippen molar-refractivity contribution in [1.29, 1.82) is 0 Å². The Bertz CT molecular complexity index is 331. The molecule has 0 aliphatic carbocycles. The molecule has 0 aromatic carbocycles. The zero-order chi connectivity index (χ0) is 13.8. The SMILES string of the molecule is Cl.Cl.O=C(CCC1CCNC1)N1CCC(N2CCCCC2)C1. The van der Waals surface area contributed by atoms with Gasteiger partial charge in [-0.1, -0.05) is 6.42 Å². The smallest absolute Gasteiger partial charge is 0.222 e. The Morgan fingerprint density at radius 2 is 1.82 bits per heavy atom. The van der Waals surface area contributed by atoms with Gasteiger partial charge in [-0.2, -0.15) is 0 Å². The number of halogens is 2. The summed E-state index contributed by atoms with van der Waals surface area (Å²) in [5.41, 5.74) is 0. The van der Waals surface area contributed by atoms with Crippen LogP contribution in [0.15, 0.2) is 0 Å². The van der Waals surface area contributed by atoms with E-state index in [1.54, 1.807) is 0 Å². The van der Waals surface area contributed by atoms with E-state index in [2.05, 4.69) is 15.1 Å². The number of likely N-dealkylation sites (tertiary alicyclic amines) is 2. The molecule has 6 heteroatoms. The molecule has 130 valence electrons. The zero-order valence-electron chi connectivity index (χ0n) is 13.5. The molecule has 2 atom stereocenters. The normalized spacial score (nSPS) is 29.0. The number of nitrogens with one attached hydrogen (secondary N) is 1. The highest BCUT2D eigenvalue weighted by Crippen LogP contribution is 2.22. The summed E-state index contributed by atoms with van der Waals surface area (Å²) in [6, 6.07) is 0.646. The van der Waals surface area contributed by atoms with Crippen molar-refractivity contribution in [2.45, 2.75) is 51.0 Å². The molecular weight excluding hydrogens is 321 g/mol. The largest absolute Gasteiger partial charge is 0.341 e. The van der Waals surface area contributed by atoms with Crippen molar-refractivity contribution >= 4 is 30.7 Å². The molecule has 1 amide bonds. The van der Waals surface area contributed by atoms with E-state index in [4.69, 9.17) is 0 Å². The van der Waals surface area contributed by atoms with Crippen molar-refractivity contribution in [1.82, 2.24) is 15.1 Å². The second kappa shape index (κ2) is 9.96. The predicted octanol–water partition coefficient (Wildman–Crippen LogP) is 2.31. The van der Waals surface area contributed by atoms with Crippen LogP contribution in [0.4, 0.5) is 0 Å². The minimum Gasteiger partial charge on any atom is -0.341 e. The fourth-order valence-electron chi connectivity index (χ4n) is 4.00. The summed E-state index contributed by atoms with van der Waals surface area (Å²) in [5.74, 6) is 1.14. The number of carbonyl (C=O) groups is 1. The van der Waals surface area contributed by atoms with Crippen molar-refractivity contribution in [2.24, 2.45) is 5.92 Å². The first-order valence-corrected chi connectivity index (χ1v) is 8.55. The maximum absolute atomic E-state index is 12.3. The van der Waals surface area contributed by atoms with Crippen LogP contribution in [0.2, 0.25) is 0 Å². The van der Waals surface area contributed by atoms with Crippen LogP contribution in [0, 0.1) is 5.92 Å². The summed E-state index contributed by atoms with van der Waals surface area (Å²) >= 11 is 0. The Hall–Kier alpha value is -0.0300. The van der Waals surface area contributed by atoms with Crippen LogP contribution in [0.1, 0.15) is 44.9 Å². The lowest BCUT2D eigenvalue weighted by Gasteiger charge is -2.32. The van der Waals surface area contributed by atoms with Crippen LogP contribution >= 0.6 is 24.8 Å². The summed E-state index contributed by atoms with van der Waals surface area (Å²) in [4.78, 5) is 17.1. The molecule has 0 spiro atoms. The summed E-state index contributed by atoms with van der Waals surface area (Å²) in [6.07, 6.45) is 8.37. The molecule has 2 unspecified atom stereocenters. The van der Waals surface area contributed by atoms with E-state index >= 15 is 0 Å². The number of hydrogen-bond acceptors (Lipinski definition) is 3. The summed E-state index contributed by atoms with van der Waals surface area (Å²) < 4.78 is 0. The van der Waals surface area contributed by atoms with Gasteiger partial charge in [0, 0.05) is 25.6 Å². The summed E-state index contributed by atoms with van der Waals surface area (Å²) in [6.45, 7) is 6.73. The van der Waals surface area contributed by atoms with Crippen LogP contribution in [0.3, 0.4) is 0 Å². The van der Waals surface area contributed by atoms with Gasteiger partial charge in [0.05, 0.1) is 0 Å². The molecular formula is C16H31Cl2N3O. The number of amides is 1. The van der Waals surface area contributed by atoms with Crippen molar-refractivity contribution in [3.05, 3.63) is 0 Å². The van der Waals surface area contributed by atoms with E-state index in [1.807, 2.05) is 0 Å². The van der Waals surface area contributed by atoms with Gasteiger partial charge in [0.2, 0.25) is 5.91 Å². The van der Waals surface area contributed by atoms with Crippen LogP contribution in [-0.2, 0) is 4.79 Å². The molecule has 3 fully saturated rings. The van der Waals surface area contributed by atoms with E-state index in [9.17, 15) is 4.79 Å². The molecule has 3 aliphatic rings. The molecule has 0 saturated carbocycles. The lowest BCUT2D eigenvalue weighted by atomic mass is 10.0. The van der Waals surface area contributed by atoms with Crippen LogP contribution < -0.4 is 5.32 Å². The van der Waals surface area contributed by atoms with Crippen molar-refractivity contribution in [3.8, 4) is 0 Å². The Labute approximate surface area is 147 Å². The highest BCUT2D eigenvalue weighted by Gasteiger charge is 2.30. The molecule has 3 heterocycles. The molecule has 0 bridgehead atoms. The summed E-state index contributed by atoms with van der Waals surface area (Å²) in [7, 11) is 0. The molecule has 3 saturated heterocycles. The van der Waals surface area contributed by atoms with E-state index in [1.165, 1.54) is 45.2 Å².